The number of hydrogen-bond acceptors (Lipinski definition) is 4. The Labute approximate surface area is 107 Å². The van der Waals surface area contributed by atoms with Crippen molar-refractivity contribution in [3.8, 4) is 5.75 Å². The van der Waals surface area contributed by atoms with Crippen LogP contribution in [0.3, 0.4) is 0 Å². The smallest absolute Gasteiger partial charge is 0.231 e. The van der Waals surface area contributed by atoms with Crippen molar-refractivity contribution in [3.05, 3.63) is 41.5 Å². The van der Waals surface area contributed by atoms with E-state index in [9.17, 15) is 5.11 Å². The Kier molecular flexibility index (Phi) is 3.97. The molecule has 2 aromatic rings. The second-order valence-electron chi connectivity index (χ2n) is 4.88. The number of rotatable bonds is 5. The van der Waals surface area contributed by atoms with E-state index in [1.807, 2.05) is 12.1 Å². The molecular weight excluding hydrogens is 228 g/mol. The van der Waals surface area contributed by atoms with Gasteiger partial charge < -0.3 is 9.63 Å². The van der Waals surface area contributed by atoms with Crippen LogP contribution in [-0.2, 0) is 12.8 Å². The Balaban J connectivity index is 1.95. The van der Waals surface area contributed by atoms with Gasteiger partial charge in [0.25, 0.3) is 0 Å². The maximum Gasteiger partial charge on any atom is 0.231 e. The molecule has 0 atom stereocenters. The van der Waals surface area contributed by atoms with Gasteiger partial charge in [0.15, 0.2) is 5.82 Å². The average molecular weight is 246 g/mol. The monoisotopic (exact) mass is 246 g/mol. The Hall–Kier alpha value is -1.84. The summed E-state index contributed by atoms with van der Waals surface area (Å²) in [5, 5.41) is 13.2. The summed E-state index contributed by atoms with van der Waals surface area (Å²) in [5.41, 5.74) is 1.05. The lowest BCUT2D eigenvalue weighted by atomic mass is 10.1. The first kappa shape index (κ1) is 12.6. The fourth-order valence-corrected chi connectivity index (χ4v) is 1.67. The molecule has 1 aromatic carbocycles. The van der Waals surface area contributed by atoms with Gasteiger partial charge in [-0.2, -0.15) is 4.98 Å². The van der Waals surface area contributed by atoms with Crippen molar-refractivity contribution in [1.82, 2.24) is 10.1 Å². The highest BCUT2D eigenvalue weighted by Gasteiger charge is 2.07. The van der Waals surface area contributed by atoms with Gasteiger partial charge in [-0.25, -0.2) is 0 Å². The highest BCUT2D eigenvalue weighted by atomic mass is 16.5. The minimum atomic E-state index is 0.266. The Morgan fingerprint density at radius 3 is 2.61 bits per heavy atom. The number of hydrogen-bond donors (Lipinski definition) is 1. The second-order valence-corrected chi connectivity index (χ2v) is 4.88. The van der Waals surface area contributed by atoms with Crippen LogP contribution in [-0.4, -0.2) is 15.2 Å². The highest BCUT2D eigenvalue weighted by Crippen LogP contribution is 2.13. The van der Waals surface area contributed by atoms with Gasteiger partial charge in [0.2, 0.25) is 5.89 Å². The number of nitrogens with zero attached hydrogens (tertiary/aromatic N) is 2. The molecule has 0 saturated carbocycles. The molecule has 1 heterocycles. The average Bonchev–Trinajstić information content (AvgIpc) is 2.77. The fourth-order valence-electron chi connectivity index (χ4n) is 1.67. The molecule has 0 unspecified atom stereocenters. The number of aromatic hydroxyl groups is 1. The zero-order chi connectivity index (χ0) is 13.0. The third kappa shape index (κ3) is 3.58. The summed E-state index contributed by atoms with van der Waals surface area (Å²) in [6.07, 6.45) is 2.53. The molecule has 0 aliphatic heterocycles. The lowest BCUT2D eigenvalue weighted by molar-refractivity contribution is 0.377. The zero-order valence-electron chi connectivity index (χ0n) is 10.8. The molecule has 0 saturated heterocycles. The summed E-state index contributed by atoms with van der Waals surface area (Å²) in [6.45, 7) is 4.36. The van der Waals surface area contributed by atoms with Crippen LogP contribution in [0.15, 0.2) is 28.8 Å². The fraction of sp³-hybridized carbons (Fsp3) is 0.429. The summed E-state index contributed by atoms with van der Waals surface area (Å²) in [6, 6.07) is 7.03. The van der Waals surface area contributed by atoms with Crippen LogP contribution in [0.5, 0.6) is 5.75 Å². The Morgan fingerprint density at radius 1 is 1.22 bits per heavy atom. The van der Waals surface area contributed by atoms with Gasteiger partial charge in [-0.15, -0.1) is 0 Å². The zero-order valence-corrected chi connectivity index (χ0v) is 10.8. The molecule has 0 bridgehead atoms. The van der Waals surface area contributed by atoms with Crippen LogP contribution in [0.4, 0.5) is 0 Å². The highest BCUT2D eigenvalue weighted by molar-refractivity contribution is 5.27. The standard InChI is InChI=1S/C14H18N2O2/c1-10(2)3-8-13-15-14(18-16-13)9-11-4-6-12(17)7-5-11/h4-7,10,17H,3,8-9H2,1-2H3. The minimum absolute atomic E-state index is 0.266. The summed E-state index contributed by atoms with van der Waals surface area (Å²) in [5.74, 6) is 2.31. The SMILES string of the molecule is CC(C)CCc1noc(Cc2ccc(O)cc2)n1. The van der Waals surface area contributed by atoms with Crippen LogP contribution >= 0.6 is 0 Å². The van der Waals surface area contributed by atoms with E-state index in [1.165, 1.54) is 0 Å². The molecule has 1 aromatic heterocycles. The maximum atomic E-state index is 9.20. The van der Waals surface area contributed by atoms with Gasteiger partial charge in [-0.05, 0) is 30.0 Å². The second kappa shape index (κ2) is 5.67. The predicted molar refractivity (Wildman–Crippen MR) is 68.4 cm³/mol. The molecule has 0 aliphatic rings. The van der Waals surface area contributed by atoms with Crippen molar-refractivity contribution in [2.24, 2.45) is 5.92 Å². The van der Waals surface area contributed by atoms with Crippen molar-refractivity contribution >= 4 is 0 Å². The van der Waals surface area contributed by atoms with Gasteiger partial charge in [0.05, 0.1) is 6.42 Å². The molecular formula is C14H18N2O2. The summed E-state index contributed by atoms with van der Waals surface area (Å²) < 4.78 is 5.21. The van der Waals surface area contributed by atoms with Crippen molar-refractivity contribution in [3.63, 3.8) is 0 Å². The molecule has 4 heteroatoms. The number of phenols is 1. The lowest BCUT2D eigenvalue weighted by Gasteiger charge is -1.99. The lowest BCUT2D eigenvalue weighted by Crippen LogP contribution is -1.94. The predicted octanol–water partition coefficient (Wildman–Crippen LogP) is 2.95. The van der Waals surface area contributed by atoms with Crippen LogP contribution in [0.1, 0.15) is 37.5 Å². The molecule has 0 aliphatic carbocycles. The number of aryl methyl sites for hydroxylation is 1. The van der Waals surface area contributed by atoms with Crippen molar-refractivity contribution in [2.75, 3.05) is 0 Å². The Morgan fingerprint density at radius 2 is 1.94 bits per heavy atom. The van der Waals surface area contributed by atoms with Crippen molar-refractivity contribution in [1.29, 1.82) is 0 Å². The van der Waals surface area contributed by atoms with E-state index in [0.717, 1.165) is 24.2 Å². The molecule has 0 spiro atoms. The molecule has 2 rings (SSSR count). The van der Waals surface area contributed by atoms with Crippen LogP contribution in [0, 0.1) is 5.92 Å². The van der Waals surface area contributed by atoms with E-state index in [-0.39, 0.29) is 5.75 Å². The normalized spacial score (nSPS) is 11.1. The number of aromatic nitrogens is 2. The summed E-state index contributed by atoms with van der Waals surface area (Å²) in [4.78, 5) is 4.36. The third-order valence-electron chi connectivity index (χ3n) is 2.75. The van der Waals surface area contributed by atoms with Crippen LogP contribution in [0.2, 0.25) is 0 Å². The van der Waals surface area contributed by atoms with E-state index >= 15 is 0 Å². The molecule has 0 fully saturated rings. The number of phenolic OH excluding ortho intramolecular Hbond substituents is 1. The maximum absolute atomic E-state index is 9.20. The molecule has 96 valence electrons. The van der Waals surface area contributed by atoms with Crippen molar-refractivity contribution < 1.29 is 9.63 Å². The van der Waals surface area contributed by atoms with E-state index in [2.05, 4.69) is 24.0 Å². The summed E-state index contributed by atoms with van der Waals surface area (Å²) >= 11 is 0. The van der Waals surface area contributed by atoms with E-state index in [1.54, 1.807) is 12.1 Å². The first-order chi connectivity index (χ1) is 8.63. The quantitative estimate of drug-likeness (QED) is 0.881. The molecule has 0 radical (unpaired) electrons. The van der Waals surface area contributed by atoms with Gasteiger partial charge in [-0.3, -0.25) is 0 Å². The first-order valence-electron chi connectivity index (χ1n) is 6.23. The summed E-state index contributed by atoms with van der Waals surface area (Å²) in [7, 11) is 0. The minimum Gasteiger partial charge on any atom is -0.508 e. The molecule has 18 heavy (non-hydrogen) atoms. The van der Waals surface area contributed by atoms with Crippen LogP contribution in [0.25, 0.3) is 0 Å². The first-order valence-corrected chi connectivity index (χ1v) is 6.23. The van der Waals surface area contributed by atoms with E-state index in [0.29, 0.717) is 18.2 Å². The van der Waals surface area contributed by atoms with E-state index in [4.69, 9.17) is 4.52 Å². The van der Waals surface area contributed by atoms with Crippen molar-refractivity contribution in [2.45, 2.75) is 33.1 Å². The largest absolute Gasteiger partial charge is 0.508 e. The molecule has 1 N–H and O–H groups in total. The molecule has 4 nitrogen and oxygen atoms in total. The topological polar surface area (TPSA) is 59.2 Å². The van der Waals surface area contributed by atoms with Crippen LogP contribution < -0.4 is 0 Å². The van der Waals surface area contributed by atoms with Gasteiger partial charge in [0.1, 0.15) is 5.75 Å². The van der Waals surface area contributed by atoms with E-state index < -0.39 is 0 Å². The van der Waals surface area contributed by atoms with Gasteiger partial charge in [0, 0.05) is 6.42 Å². The van der Waals surface area contributed by atoms with Gasteiger partial charge >= 0.3 is 0 Å². The van der Waals surface area contributed by atoms with Gasteiger partial charge in [-0.1, -0.05) is 31.1 Å². The third-order valence-corrected chi connectivity index (χ3v) is 2.75. The number of benzene rings is 1. The molecule has 0 amide bonds. The Bertz CT molecular complexity index is 489.